The lowest BCUT2D eigenvalue weighted by molar-refractivity contribution is -0.109. The van der Waals surface area contributed by atoms with Gasteiger partial charge >= 0.3 is 0 Å². The van der Waals surface area contributed by atoms with Gasteiger partial charge in [-0.05, 0) is 38.0 Å². The van der Waals surface area contributed by atoms with Gasteiger partial charge in [-0.2, -0.15) is 5.10 Å². The highest BCUT2D eigenvalue weighted by molar-refractivity contribution is 5.93. The number of nitrogens with zero attached hydrogens (tertiary/aromatic N) is 2. The topological polar surface area (TPSA) is 97.0 Å². The first-order valence-electron chi connectivity index (χ1n) is 11.6. The molecule has 36 heavy (non-hydrogen) atoms. The molecule has 7 nitrogen and oxygen atoms in total. The van der Waals surface area contributed by atoms with Gasteiger partial charge < -0.3 is 10.1 Å². The molecule has 4 rings (SSSR count). The zero-order chi connectivity index (χ0) is 26.2. The largest absolute Gasteiger partial charge is 0.473 e. The number of rotatable bonds is 9. The summed E-state index contributed by atoms with van der Waals surface area (Å²) in [6, 6.07) is 17.6. The predicted molar refractivity (Wildman–Crippen MR) is 145 cm³/mol. The van der Waals surface area contributed by atoms with E-state index < -0.39 is 0 Å². The van der Waals surface area contributed by atoms with Crippen LogP contribution >= 0.6 is 0 Å². The molecular weight excluding hydrogens is 452 g/mol. The number of para-hydroxylation sites is 1. The Bertz CT molecular complexity index is 1260. The number of benzene rings is 2. The smallest absolute Gasteiger partial charge is 0.212 e. The molecule has 0 fully saturated rings. The van der Waals surface area contributed by atoms with E-state index in [0.29, 0.717) is 30.2 Å². The Morgan fingerprint density at radius 2 is 1.83 bits per heavy atom. The van der Waals surface area contributed by atoms with Gasteiger partial charge in [0.25, 0.3) is 0 Å². The van der Waals surface area contributed by atoms with E-state index in [1.165, 1.54) is 0 Å². The van der Waals surface area contributed by atoms with Crippen LogP contribution in [0, 0.1) is 0 Å². The number of carbonyl (C=O) groups excluding carboxylic acids is 2. The van der Waals surface area contributed by atoms with E-state index >= 15 is 0 Å². The van der Waals surface area contributed by atoms with Crippen LogP contribution in [-0.2, 0) is 17.8 Å². The summed E-state index contributed by atoms with van der Waals surface area (Å²) in [6.45, 7) is 11.0. The maximum Gasteiger partial charge on any atom is 0.212 e. The monoisotopic (exact) mass is 484 g/mol. The van der Waals surface area contributed by atoms with Crippen LogP contribution in [0.25, 0.3) is 22.2 Å². The Morgan fingerprint density at radius 3 is 2.47 bits per heavy atom. The van der Waals surface area contributed by atoms with Crippen molar-refractivity contribution < 1.29 is 14.3 Å². The van der Waals surface area contributed by atoms with Crippen LogP contribution in [0.5, 0.6) is 5.88 Å². The maximum absolute atomic E-state index is 11.6. The van der Waals surface area contributed by atoms with Crippen molar-refractivity contribution in [3.05, 3.63) is 103 Å². The first-order chi connectivity index (χ1) is 17.7. The third-order valence-electron chi connectivity index (χ3n) is 5.03. The number of aromatic amines is 1. The molecule has 0 aliphatic carbocycles. The molecule has 0 aliphatic heterocycles. The molecule has 2 aromatic heterocycles. The number of hydrogen-bond acceptors (Lipinski definition) is 5. The Balaban J connectivity index is 0.000000583. The van der Waals surface area contributed by atoms with Gasteiger partial charge in [0.15, 0.2) is 6.29 Å². The first-order valence-corrected chi connectivity index (χ1v) is 11.6. The second kappa shape index (κ2) is 15.4. The van der Waals surface area contributed by atoms with Gasteiger partial charge in [-0.15, -0.1) is 13.2 Å². The van der Waals surface area contributed by atoms with Crippen LogP contribution in [0.1, 0.15) is 35.3 Å². The molecule has 0 saturated carbocycles. The van der Waals surface area contributed by atoms with Gasteiger partial charge in [0.2, 0.25) is 12.3 Å². The normalized spacial score (nSPS) is 10.1. The number of nitrogens with one attached hydrogen (secondary N) is 2. The van der Waals surface area contributed by atoms with E-state index in [2.05, 4.69) is 34.7 Å². The molecule has 0 radical (unpaired) electrons. The lowest BCUT2D eigenvalue weighted by Gasteiger charge is -2.09. The van der Waals surface area contributed by atoms with E-state index in [1.807, 2.05) is 74.5 Å². The number of hydrogen-bond donors (Lipinski definition) is 2. The SMILES string of the molecule is C/C=C\Cc1cn[nH]c1OCc1ccc(-c2nc3ccccc3cc2C=O)cc1.C=C.CCNC=O. The van der Waals surface area contributed by atoms with E-state index in [4.69, 9.17) is 9.72 Å². The van der Waals surface area contributed by atoms with Crippen LogP contribution in [0.15, 0.2) is 86.1 Å². The van der Waals surface area contributed by atoms with E-state index in [-0.39, 0.29) is 0 Å². The number of amides is 1. The molecule has 1 amide bonds. The third kappa shape index (κ3) is 7.77. The summed E-state index contributed by atoms with van der Waals surface area (Å²) in [4.78, 5) is 25.6. The second-order valence-corrected chi connectivity index (χ2v) is 7.40. The molecule has 0 atom stereocenters. The number of ether oxygens (including phenoxy) is 1. The molecule has 2 N–H and O–H groups in total. The third-order valence-corrected chi connectivity index (χ3v) is 5.03. The average molecular weight is 485 g/mol. The van der Waals surface area contributed by atoms with Crippen molar-refractivity contribution in [2.45, 2.75) is 26.9 Å². The average Bonchev–Trinajstić information content (AvgIpc) is 3.39. The van der Waals surface area contributed by atoms with Gasteiger partial charge in [-0.1, -0.05) is 54.6 Å². The number of H-pyrrole nitrogens is 1. The van der Waals surface area contributed by atoms with Crippen molar-refractivity contribution in [1.29, 1.82) is 0 Å². The van der Waals surface area contributed by atoms with Gasteiger partial charge in [-0.25, -0.2) is 10.1 Å². The lowest BCUT2D eigenvalue weighted by Crippen LogP contribution is -2.07. The predicted octanol–water partition coefficient (Wildman–Crippen LogP) is 5.69. The first kappa shape index (κ1) is 27.7. The highest BCUT2D eigenvalue weighted by Crippen LogP contribution is 2.25. The van der Waals surface area contributed by atoms with Crippen LogP contribution in [0.3, 0.4) is 0 Å². The number of carbonyl (C=O) groups is 2. The van der Waals surface area contributed by atoms with Gasteiger partial charge in [0, 0.05) is 28.6 Å². The maximum atomic E-state index is 11.6. The van der Waals surface area contributed by atoms with Gasteiger partial charge in [0.05, 0.1) is 17.4 Å². The van der Waals surface area contributed by atoms with Crippen molar-refractivity contribution in [1.82, 2.24) is 20.5 Å². The molecule has 0 bridgehead atoms. The minimum absolute atomic E-state index is 0.428. The molecule has 0 aliphatic rings. The molecular formula is C29H32N4O3. The number of aldehydes is 1. The van der Waals surface area contributed by atoms with Crippen LogP contribution < -0.4 is 10.1 Å². The summed E-state index contributed by atoms with van der Waals surface area (Å²) in [6.07, 6.45) is 8.17. The molecule has 0 spiro atoms. The van der Waals surface area contributed by atoms with Crippen molar-refractivity contribution in [3.63, 3.8) is 0 Å². The standard InChI is InChI=1S/C24H21N3O2.C3H7NO.C2H4/c1-2-3-6-20-14-25-27-24(20)29-16-17-9-11-18(12-10-17)23-21(15-28)13-19-7-4-5-8-22(19)26-23;1-2-4-3-5;1-2/h2-5,7-15H,6,16H2,1H3,(H,25,27);3H,2H2,1H3,(H,4,5);1-2H2/b3-2-;;. The van der Waals surface area contributed by atoms with Crippen molar-refractivity contribution in [3.8, 4) is 17.1 Å². The summed E-state index contributed by atoms with van der Waals surface area (Å²) in [5.41, 5.74) is 5.09. The summed E-state index contributed by atoms with van der Waals surface area (Å²) in [5, 5.41) is 10.3. The zero-order valence-electron chi connectivity index (χ0n) is 20.7. The van der Waals surface area contributed by atoms with Crippen molar-refractivity contribution in [2.75, 3.05) is 6.54 Å². The fraction of sp³-hybridized carbons (Fsp3) is 0.172. The van der Waals surface area contributed by atoms with E-state index in [1.54, 1.807) is 6.20 Å². The number of allylic oxidation sites excluding steroid dienone is 2. The number of pyridine rings is 1. The van der Waals surface area contributed by atoms with Crippen molar-refractivity contribution >= 4 is 23.6 Å². The van der Waals surface area contributed by atoms with Crippen molar-refractivity contribution in [2.24, 2.45) is 0 Å². The van der Waals surface area contributed by atoms with E-state index in [9.17, 15) is 9.59 Å². The summed E-state index contributed by atoms with van der Waals surface area (Å²) in [5.74, 6) is 0.687. The quantitative estimate of drug-likeness (QED) is 0.235. The summed E-state index contributed by atoms with van der Waals surface area (Å²) >= 11 is 0. The second-order valence-electron chi connectivity index (χ2n) is 7.40. The molecule has 4 aromatic rings. The molecule has 2 heterocycles. The fourth-order valence-electron chi connectivity index (χ4n) is 3.27. The van der Waals surface area contributed by atoms with E-state index in [0.717, 1.165) is 46.8 Å². The molecule has 7 heteroatoms. The van der Waals surface area contributed by atoms with Gasteiger partial charge in [-0.3, -0.25) is 9.59 Å². The molecule has 0 saturated heterocycles. The molecule has 186 valence electrons. The van der Waals surface area contributed by atoms with Crippen LogP contribution in [0.2, 0.25) is 0 Å². The zero-order valence-corrected chi connectivity index (χ0v) is 20.7. The number of fused-ring (bicyclic) bond motifs is 1. The molecule has 0 unspecified atom stereocenters. The summed E-state index contributed by atoms with van der Waals surface area (Å²) < 4.78 is 5.88. The highest BCUT2D eigenvalue weighted by atomic mass is 16.5. The molecule has 2 aromatic carbocycles. The Hall–Kier alpha value is -4.52. The number of aromatic nitrogens is 3. The lowest BCUT2D eigenvalue weighted by atomic mass is 10.0. The van der Waals surface area contributed by atoms with Gasteiger partial charge in [0.1, 0.15) is 6.61 Å². The minimum Gasteiger partial charge on any atom is -0.473 e. The Kier molecular flexibility index (Phi) is 11.9. The Labute approximate surface area is 211 Å². The van der Waals surface area contributed by atoms with Crippen LogP contribution in [0.4, 0.5) is 0 Å². The minimum atomic E-state index is 0.428. The van der Waals surface area contributed by atoms with Crippen LogP contribution in [-0.4, -0.2) is 34.4 Å². The fourth-order valence-corrected chi connectivity index (χ4v) is 3.27. The highest BCUT2D eigenvalue weighted by Gasteiger charge is 2.10. The summed E-state index contributed by atoms with van der Waals surface area (Å²) in [7, 11) is 0. The Morgan fingerprint density at radius 1 is 1.08 bits per heavy atom.